The first-order valence-corrected chi connectivity index (χ1v) is 9.45. The lowest BCUT2D eigenvalue weighted by Gasteiger charge is -2.15. The van der Waals surface area contributed by atoms with E-state index in [0.717, 1.165) is 5.56 Å². The fourth-order valence-electron chi connectivity index (χ4n) is 3.41. The summed E-state index contributed by atoms with van der Waals surface area (Å²) >= 11 is 0. The lowest BCUT2D eigenvalue weighted by molar-refractivity contribution is -0.384. The van der Waals surface area contributed by atoms with Crippen LogP contribution in [0.4, 0.5) is 11.4 Å². The van der Waals surface area contributed by atoms with Crippen LogP contribution in [-0.4, -0.2) is 55.0 Å². The number of nitro groups is 1. The highest BCUT2D eigenvalue weighted by atomic mass is 16.6. The standard InChI is InChI=1S/C21H23N5O4/c1-24(2)18-9-8-15(10-19(18)26(29)30)12-22-23-20(27)14-25-13-17(11-21(25)28)16-6-4-3-5-7-16/h3-10,12,17H,11,13-14H2,1-2H3,(H,23,27)/b22-12-/t17-/m1/s1. The Labute approximate surface area is 174 Å². The van der Waals surface area contributed by atoms with E-state index in [-0.39, 0.29) is 24.1 Å². The Kier molecular flexibility index (Phi) is 6.41. The zero-order valence-corrected chi connectivity index (χ0v) is 16.8. The molecule has 9 heteroatoms. The van der Waals surface area contributed by atoms with Gasteiger partial charge >= 0.3 is 0 Å². The summed E-state index contributed by atoms with van der Waals surface area (Å²) in [5.41, 5.74) is 4.36. The number of rotatable bonds is 7. The van der Waals surface area contributed by atoms with Crippen LogP contribution in [0.15, 0.2) is 53.6 Å². The molecule has 0 bridgehead atoms. The third kappa shape index (κ3) is 4.99. The van der Waals surface area contributed by atoms with E-state index in [2.05, 4.69) is 10.5 Å². The third-order valence-corrected chi connectivity index (χ3v) is 4.90. The summed E-state index contributed by atoms with van der Waals surface area (Å²) in [5, 5.41) is 15.1. The maximum absolute atomic E-state index is 12.2. The fourth-order valence-corrected chi connectivity index (χ4v) is 3.41. The lowest BCUT2D eigenvalue weighted by Crippen LogP contribution is -2.36. The molecule has 156 valence electrons. The van der Waals surface area contributed by atoms with Gasteiger partial charge in [0.2, 0.25) is 5.91 Å². The van der Waals surface area contributed by atoms with Crippen molar-refractivity contribution in [1.29, 1.82) is 0 Å². The van der Waals surface area contributed by atoms with E-state index in [1.807, 2.05) is 30.3 Å². The van der Waals surface area contributed by atoms with Gasteiger partial charge in [0.05, 0.1) is 11.1 Å². The molecule has 1 atom stereocenters. The predicted molar refractivity (Wildman–Crippen MR) is 114 cm³/mol. The van der Waals surface area contributed by atoms with Crippen molar-refractivity contribution in [3.63, 3.8) is 0 Å². The van der Waals surface area contributed by atoms with Gasteiger partial charge in [-0.2, -0.15) is 5.10 Å². The molecule has 3 rings (SSSR count). The number of hydrogen-bond donors (Lipinski definition) is 1. The van der Waals surface area contributed by atoms with Gasteiger partial charge in [-0.05, 0) is 11.6 Å². The SMILES string of the molecule is CN(C)c1ccc(/C=N\NC(=O)CN2C[C@H](c3ccccc3)CC2=O)cc1[N+](=O)[O-]. The molecule has 2 amide bonds. The Morgan fingerprint density at radius 1 is 1.30 bits per heavy atom. The molecule has 2 aromatic rings. The van der Waals surface area contributed by atoms with Crippen LogP contribution in [0, 0.1) is 10.1 Å². The van der Waals surface area contributed by atoms with E-state index in [4.69, 9.17) is 0 Å². The van der Waals surface area contributed by atoms with Crippen LogP contribution in [0.5, 0.6) is 0 Å². The molecule has 0 aliphatic carbocycles. The lowest BCUT2D eigenvalue weighted by atomic mass is 9.99. The zero-order valence-electron chi connectivity index (χ0n) is 16.8. The average Bonchev–Trinajstić information content (AvgIpc) is 3.08. The van der Waals surface area contributed by atoms with Gasteiger partial charge in [0.15, 0.2) is 0 Å². The Balaban J connectivity index is 1.57. The summed E-state index contributed by atoms with van der Waals surface area (Å²) < 4.78 is 0. The van der Waals surface area contributed by atoms with Gasteiger partial charge in [-0.25, -0.2) is 5.43 Å². The molecule has 0 aromatic heterocycles. The van der Waals surface area contributed by atoms with Crippen molar-refractivity contribution < 1.29 is 14.5 Å². The van der Waals surface area contributed by atoms with Crippen LogP contribution in [0.3, 0.4) is 0 Å². The number of amides is 2. The normalized spacial score (nSPS) is 16.1. The molecule has 1 fully saturated rings. The van der Waals surface area contributed by atoms with Crippen LogP contribution >= 0.6 is 0 Å². The summed E-state index contributed by atoms with van der Waals surface area (Å²) in [6, 6.07) is 14.4. The number of hydrazone groups is 1. The van der Waals surface area contributed by atoms with Gasteiger partial charge in [-0.1, -0.05) is 36.4 Å². The molecule has 9 nitrogen and oxygen atoms in total. The van der Waals surface area contributed by atoms with Crippen molar-refractivity contribution in [2.24, 2.45) is 5.10 Å². The molecule has 0 spiro atoms. The van der Waals surface area contributed by atoms with Crippen molar-refractivity contribution in [2.75, 3.05) is 32.1 Å². The number of benzene rings is 2. The summed E-state index contributed by atoms with van der Waals surface area (Å²) in [6.45, 7) is 0.400. The largest absolute Gasteiger partial charge is 0.372 e. The molecule has 1 aliphatic heterocycles. The van der Waals surface area contributed by atoms with Crippen molar-refractivity contribution in [2.45, 2.75) is 12.3 Å². The fraction of sp³-hybridized carbons (Fsp3) is 0.286. The number of likely N-dealkylation sites (tertiary alicyclic amines) is 1. The predicted octanol–water partition coefficient (Wildman–Crippen LogP) is 2.13. The molecule has 1 N–H and O–H groups in total. The number of nitrogens with zero attached hydrogens (tertiary/aromatic N) is 4. The van der Waals surface area contributed by atoms with Gasteiger partial charge in [0.25, 0.3) is 11.6 Å². The highest BCUT2D eigenvalue weighted by Gasteiger charge is 2.31. The second kappa shape index (κ2) is 9.17. The zero-order chi connectivity index (χ0) is 21.7. The molecule has 0 radical (unpaired) electrons. The Morgan fingerprint density at radius 3 is 2.70 bits per heavy atom. The van der Waals surface area contributed by atoms with Crippen molar-refractivity contribution in [3.8, 4) is 0 Å². The quantitative estimate of drug-likeness (QED) is 0.428. The Bertz CT molecular complexity index is 975. The van der Waals surface area contributed by atoms with Gasteiger partial charge in [0.1, 0.15) is 12.2 Å². The smallest absolute Gasteiger partial charge is 0.293 e. The molecular weight excluding hydrogens is 386 g/mol. The number of carbonyl (C=O) groups excluding carboxylic acids is 2. The molecule has 1 heterocycles. The van der Waals surface area contributed by atoms with Crippen LogP contribution in [-0.2, 0) is 9.59 Å². The van der Waals surface area contributed by atoms with E-state index in [0.29, 0.717) is 24.2 Å². The van der Waals surface area contributed by atoms with Crippen molar-refractivity contribution >= 4 is 29.4 Å². The number of carbonyl (C=O) groups is 2. The minimum absolute atomic E-state index is 0.0510. The van der Waals surface area contributed by atoms with Crippen LogP contribution in [0.2, 0.25) is 0 Å². The number of nitro benzene ring substituents is 1. The molecular formula is C21H23N5O4. The molecule has 1 saturated heterocycles. The molecule has 1 aliphatic rings. The minimum Gasteiger partial charge on any atom is -0.372 e. The summed E-state index contributed by atoms with van der Waals surface area (Å²) in [6.07, 6.45) is 1.71. The molecule has 2 aromatic carbocycles. The Morgan fingerprint density at radius 2 is 2.03 bits per heavy atom. The minimum atomic E-state index is -0.465. The first-order chi connectivity index (χ1) is 14.3. The molecule has 0 unspecified atom stereocenters. The first kappa shape index (κ1) is 21.0. The number of hydrogen-bond acceptors (Lipinski definition) is 6. The molecule has 30 heavy (non-hydrogen) atoms. The average molecular weight is 409 g/mol. The van der Waals surface area contributed by atoms with Crippen molar-refractivity contribution in [1.82, 2.24) is 10.3 Å². The summed E-state index contributed by atoms with van der Waals surface area (Å²) in [5.74, 6) is -0.420. The highest BCUT2D eigenvalue weighted by Crippen LogP contribution is 2.28. The second-order valence-corrected chi connectivity index (χ2v) is 7.28. The first-order valence-electron chi connectivity index (χ1n) is 9.45. The summed E-state index contributed by atoms with van der Waals surface area (Å²) in [7, 11) is 3.44. The van der Waals surface area contributed by atoms with E-state index in [1.165, 1.54) is 17.2 Å². The van der Waals surface area contributed by atoms with E-state index < -0.39 is 10.8 Å². The van der Waals surface area contributed by atoms with Gasteiger partial charge < -0.3 is 9.80 Å². The van der Waals surface area contributed by atoms with Gasteiger partial charge in [0, 0.05) is 44.6 Å². The maximum Gasteiger partial charge on any atom is 0.293 e. The van der Waals surface area contributed by atoms with E-state index in [9.17, 15) is 19.7 Å². The van der Waals surface area contributed by atoms with Crippen LogP contribution < -0.4 is 10.3 Å². The van der Waals surface area contributed by atoms with Gasteiger partial charge in [-0.15, -0.1) is 0 Å². The van der Waals surface area contributed by atoms with Crippen LogP contribution in [0.1, 0.15) is 23.5 Å². The maximum atomic E-state index is 12.2. The number of nitrogens with one attached hydrogen (secondary N) is 1. The van der Waals surface area contributed by atoms with Crippen molar-refractivity contribution in [3.05, 3.63) is 69.8 Å². The number of anilines is 1. The van der Waals surface area contributed by atoms with Gasteiger partial charge in [-0.3, -0.25) is 19.7 Å². The Hall–Kier alpha value is -3.75. The second-order valence-electron chi connectivity index (χ2n) is 7.28. The highest BCUT2D eigenvalue weighted by molar-refractivity contribution is 5.88. The summed E-state index contributed by atoms with van der Waals surface area (Å²) in [4.78, 5) is 38.3. The van der Waals surface area contributed by atoms with Crippen LogP contribution in [0.25, 0.3) is 0 Å². The van der Waals surface area contributed by atoms with E-state index in [1.54, 1.807) is 31.1 Å². The molecule has 0 saturated carbocycles. The topological polar surface area (TPSA) is 108 Å². The monoisotopic (exact) mass is 409 g/mol. The third-order valence-electron chi connectivity index (χ3n) is 4.90. The van der Waals surface area contributed by atoms with E-state index >= 15 is 0 Å².